The molecule has 3 aromatic rings. The average molecular weight is 312 g/mol. The van der Waals surface area contributed by atoms with Gasteiger partial charge in [0.1, 0.15) is 12.0 Å². The average Bonchev–Trinajstić information content (AvgIpc) is 2.52. The maximum atomic E-state index is 6.13. The summed E-state index contributed by atoms with van der Waals surface area (Å²) in [5, 5.41) is 6.95. The van der Waals surface area contributed by atoms with E-state index in [9.17, 15) is 0 Å². The van der Waals surface area contributed by atoms with Gasteiger partial charge in [-0.3, -0.25) is 0 Å². The number of nitrogen functional groups attached to an aromatic ring is 1. The van der Waals surface area contributed by atoms with Crippen LogP contribution in [0.4, 0.5) is 28.7 Å². The van der Waals surface area contributed by atoms with Gasteiger partial charge in [-0.25, -0.2) is 9.97 Å². The molecule has 0 radical (unpaired) electrons. The van der Waals surface area contributed by atoms with Gasteiger partial charge in [-0.15, -0.1) is 0 Å². The van der Waals surface area contributed by atoms with Crippen molar-refractivity contribution in [1.29, 1.82) is 0 Å². The highest BCUT2D eigenvalue weighted by Crippen LogP contribution is 2.28. The molecular weight excluding hydrogens is 298 g/mol. The van der Waals surface area contributed by atoms with Crippen LogP contribution in [0.15, 0.2) is 60.9 Å². The molecule has 2 aromatic carbocycles. The highest BCUT2D eigenvalue weighted by Gasteiger charge is 2.08. The lowest BCUT2D eigenvalue weighted by atomic mass is 10.3. The Morgan fingerprint density at radius 2 is 1.45 bits per heavy atom. The van der Waals surface area contributed by atoms with Gasteiger partial charge in [0.15, 0.2) is 11.6 Å². The molecule has 0 aliphatic carbocycles. The van der Waals surface area contributed by atoms with Gasteiger partial charge in [0.05, 0.1) is 0 Å². The molecule has 22 heavy (non-hydrogen) atoms. The molecule has 0 saturated carbocycles. The molecule has 110 valence electrons. The number of hydrogen-bond acceptors (Lipinski definition) is 5. The van der Waals surface area contributed by atoms with Crippen molar-refractivity contribution in [3.8, 4) is 0 Å². The summed E-state index contributed by atoms with van der Waals surface area (Å²) >= 11 is 5.97. The predicted molar refractivity (Wildman–Crippen MR) is 90.9 cm³/mol. The first-order chi connectivity index (χ1) is 10.7. The van der Waals surface area contributed by atoms with Gasteiger partial charge in [-0.2, -0.15) is 0 Å². The fourth-order valence-electron chi connectivity index (χ4n) is 1.96. The Kier molecular flexibility index (Phi) is 4.07. The summed E-state index contributed by atoms with van der Waals surface area (Å²) in [5.74, 6) is 1.07. The summed E-state index contributed by atoms with van der Waals surface area (Å²) in [6.07, 6.45) is 1.45. The Balaban J connectivity index is 1.86. The van der Waals surface area contributed by atoms with E-state index in [1.807, 2.05) is 42.5 Å². The molecule has 0 aliphatic rings. The smallest absolute Gasteiger partial charge is 0.159 e. The molecule has 1 aromatic heterocycles. The van der Waals surface area contributed by atoms with Crippen LogP contribution in [0.3, 0.4) is 0 Å². The summed E-state index contributed by atoms with van der Waals surface area (Å²) in [6.45, 7) is 0. The minimum absolute atomic E-state index is 0.436. The van der Waals surface area contributed by atoms with Crippen LogP contribution >= 0.6 is 11.6 Å². The third kappa shape index (κ3) is 3.27. The van der Waals surface area contributed by atoms with E-state index < -0.39 is 0 Å². The number of rotatable bonds is 4. The Labute approximate surface area is 133 Å². The van der Waals surface area contributed by atoms with Crippen molar-refractivity contribution in [3.63, 3.8) is 0 Å². The van der Waals surface area contributed by atoms with E-state index in [1.165, 1.54) is 6.33 Å². The molecule has 6 heteroatoms. The van der Waals surface area contributed by atoms with Crippen LogP contribution in [0.5, 0.6) is 0 Å². The summed E-state index contributed by atoms with van der Waals surface area (Å²) in [6, 6.07) is 17.0. The number of anilines is 5. The van der Waals surface area contributed by atoms with Gasteiger partial charge >= 0.3 is 0 Å². The lowest BCUT2D eigenvalue weighted by Crippen LogP contribution is -2.05. The van der Waals surface area contributed by atoms with E-state index >= 15 is 0 Å². The van der Waals surface area contributed by atoms with Crippen LogP contribution in [0, 0.1) is 0 Å². The molecule has 0 atom stereocenters. The number of hydrogen-bond donors (Lipinski definition) is 3. The maximum Gasteiger partial charge on any atom is 0.159 e. The number of halogens is 1. The van der Waals surface area contributed by atoms with Crippen LogP contribution in [-0.4, -0.2) is 9.97 Å². The summed E-state index contributed by atoms with van der Waals surface area (Å²) < 4.78 is 0. The number of nitrogens with one attached hydrogen (secondary N) is 2. The topological polar surface area (TPSA) is 75.9 Å². The van der Waals surface area contributed by atoms with Crippen molar-refractivity contribution in [2.75, 3.05) is 16.4 Å². The highest BCUT2D eigenvalue weighted by atomic mass is 35.5. The van der Waals surface area contributed by atoms with Crippen molar-refractivity contribution in [1.82, 2.24) is 9.97 Å². The van der Waals surface area contributed by atoms with E-state index in [1.54, 1.807) is 12.1 Å². The zero-order valence-corrected chi connectivity index (χ0v) is 12.4. The number of nitrogens with two attached hydrogens (primary N) is 1. The monoisotopic (exact) mass is 311 g/mol. The summed E-state index contributed by atoms with van der Waals surface area (Å²) in [5.41, 5.74) is 8.28. The maximum absolute atomic E-state index is 6.13. The van der Waals surface area contributed by atoms with E-state index in [4.69, 9.17) is 17.3 Å². The molecule has 0 saturated heterocycles. The van der Waals surface area contributed by atoms with Crippen molar-refractivity contribution < 1.29 is 0 Å². The molecule has 5 nitrogen and oxygen atoms in total. The minimum Gasteiger partial charge on any atom is -0.393 e. The first kappa shape index (κ1) is 14.2. The molecule has 0 amide bonds. The Hall–Kier alpha value is -2.79. The molecule has 0 fully saturated rings. The second-order valence-electron chi connectivity index (χ2n) is 4.61. The van der Waals surface area contributed by atoms with Gasteiger partial charge in [-0.05, 0) is 30.3 Å². The second-order valence-corrected chi connectivity index (χ2v) is 5.05. The van der Waals surface area contributed by atoms with Gasteiger partial charge in [0.2, 0.25) is 0 Å². The third-order valence-corrected chi connectivity index (χ3v) is 3.24. The lowest BCUT2D eigenvalue weighted by Gasteiger charge is -2.12. The van der Waals surface area contributed by atoms with Crippen LogP contribution in [0.1, 0.15) is 0 Å². The number of nitrogens with zero attached hydrogens (tertiary/aromatic N) is 2. The third-order valence-electron chi connectivity index (χ3n) is 3.01. The minimum atomic E-state index is 0.436. The number of para-hydroxylation sites is 1. The summed E-state index contributed by atoms with van der Waals surface area (Å²) in [4.78, 5) is 8.36. The van der Waals surface area contributed by atoms with Crippen molar-refractivity contribution in [2.24, 2.45) is 0 Å². The zero-order chi connectivity index (χ0) is 15.4. The quantitative estimate of drug-likeness (QED) is 0.673. The first-order valence-electron chi connectivity index (χ1n) is 6.67. The van der Waals surface area contributed by atoms with Crippen molar-refractivity contribution in [3.05, 3.63) is 65.9 Å². The Morgan fingerprint density at radius 3 is 2.14 bits per heavy atom. The van der Waals surface area contributed by atoms with Gasteiger partial charge in [0, 0.05) is 16.4 Å². The molecule has 1 heterocycles. The molecule has 0 spiro atoms. The van der Waals surface area contributed by atoms with Crippen LogP contribution in [0.25, 0.3) is 0 Å². The van der Waals surface area contributed by atoms with Gasteiger partial charge in [-0.1, -0.05) is 35.9 Å². The van der Waals surface area contributed by atoms with E-state index in [0.29, 0.717) is 22.3 Å². The van der Waals surface area contributed by atoms with E-state index in [-0.39, 0.29) is 0 Å². The molecule has 3 rings (SSSR count). The van der Waals surface area contributed by atoms with Gasteiger partial charge in [0.25, 0.3) is 0 Å². The Bertz CT molecular complexity index is 776. The van der Waals surface area contributed by atoms with Crippen LogP contribution < -0.4 is 16.4 Å². The normalized spacial score (nSPS) is 10.2. The fraction of sp³-hybridized carbons (Fsp3) is 0. The Morgan fingerprint density at radius 1 is 0.818 bits per heavy atom. The number of aromatic nitrogens is 2. The molecule has 0 unspecified atom stereocenters. The molecular formula is C16H14ClN5. The first-order valence-corrected chi connectivity index (χ1v) is 7.05. The molecule has 0 aliphatic heterocycles. The fourth-order valence-corrected chi connectivity index (χ4v) is 2.15. The lowest BCUT2D eigenvalue weighted by molar-refractivity contribution is 1.17. The van der Waals surface area contributed by atoms with Crippen LogP contribution in [-0.2, 0) is 0 Å². The van der Waals surface area contributed by atoms with Crippen molar-refractivity contribution >= 4 is 40.3 Å². The largest absolute Gasteiger partial charge is 0.393 e. The van der Waals surface area contributed by atoms with Crippen LogP contribution in [0.2, 0.25) is 5.02 Å². The SMILES string of the molecule is Nc1c(Nc2ccccc2)ncnc1Nc1cccc(Cl)c1. The number of benzene rings is 2. The zero-order valence-electron chi connectivity index (χ0n) is 11.6. The van der Waals surface area contributed by atoms with E-state index in [0.717, 1.165) is 11.4 Å². The predicted octanol–water partition coefficient (Wildman–Crippen LogP) is 4.20. The van der Waals surface area contributed by atoms with E-state index in [2.05, 4.69) is 20.6 Å². The van der Waals surface area contributed by atoms with Crippen molar-refractivity contribution in [2.45, 2.75) is 0 Å². The highest BCUT2D eigenvalue weighted by molar-refractivity contribution is 6.30. The second kappa shape index (κ2) is 6.32. The standard InChI is InChI=1S/C16H14ClN5/c17-11-5-4-8-13(9-11)22-16-14(18)15(19-10-20-16)21-12-6-2-1-3-7-12/h1-10H,18H2,(H2,19,20,21,22). The summed E-state index contributed by atoms with van der Waals surface area (Å²) in [7, 11) is 0. The molecule has 4 N–H and O–H groups in total. The van der Waals surface area contributed by atoms with Gasteiger partial charge < -0.3 is 16.4 Å². The molecule has 0 bridgehead atoms.